The molecule has 12 heavy (non-hydrogen) atoms. The van der Waals surface area contributed by atoms with E-state index in [9.17, 15) is 15.0 Å². The number of hydrogen-bond donors (Lipinski definition) is 2. The van der Waals surface area contributed by atoms with Crippen LogP contribution in [-0.2, 0) is 9.53 Å². The molecule has 4 nitrogen and oxygen atoms in total. The van der Waals surface area contributed by atoms with Crippen LogP contribution in [0.2, 0.25) is 0 Å². The van der Waals surface area contributed by atoms with Crippen molar-refractivity contribution in [2.24, 2.45) is 5.41 Å². The Kier molecular flexibility index (Phi) is 3.01. The van der Waals surface area contributed by atoms with Gasteiger partial charge < -0.3 is 14.9 Å². The van der Waals surface area contributed by atoms with Crippen LogP contribution in [-0.4, -0.2) is 22.2 Å². The molecule has 0 bridgehead atoms. The fourth-order valence-electron chi connectivity index (χ4n) is 0.335. The van der Waals surface area contributed by atoms with E-state index in [1.165, 1.54) is 20.8 Å². The molecule has 0 aromatic heterocycles. The van der Waals surface area contributed by atoms with Crippen molar-refractivity contribution >= 4 is 5.97 Å². The third-order valence-electron chi connectivity index (χ3n) is 1.39. The summed E-state index contributed by atoms with van der Waals surface area (Å²) in [6, 6.07) is 0. The van der Waals surface area contributed by atoms with Gasteiger partial charge in [0, 0.05) is 6.08 Å². The Morgan fingerprint density at radius 1 is 1.42 bits per heavy atom. The number of carbonyl (C=O) groups is 1. The Labute approximate surface area is 71.5 Å². The fourth-order valence-corrected chi connectivity index (χ4v) is 0.335. The van der Waals surface area contributed by atoms with Crippen LogP contribution in [0.1, 0.15) is 20.8 Å². The maximum atomic E-state index is 10.6. The van der Waals surface area contributed by atoms with Gasteiger partial charge >= 0.3 is 11.9 Å². The van der Waals surface area contributed by atoms with Crippen molar-refractivity contribution in [3.63, 3.8) is 0 Å². The van der Waals surface area contributed by atoms with Gasteiger partial charge in [-0.3, -0.25) is 0 Å². The molecular weight excluding hydrogens is 160 g/mol. The molecule has 0 aromatic rings. The first-order chi connectivity index (χ1) is 5.20. The molecule has 0 saturated heterocycles. The van der Waals surface area contributed by atoms with Crippen molar-refractivity contribution in [3.8, 4) is 0 Å². The van der Waals surface area contributed by atoms with E-state index in [0.717, 1.165) is 6.08 Å². The van der Waals surface area contributed by atoms with E-state index in [2.05, 4.69) is 11.3 Å². The van der Waals surface area contributed by atoms with Crippen LogP contribution in [0.25, 0.3) is 0 Å². The molecule has 0 heterocycles. The minimum atomic E-state index is -2.46. The predicted molar refractivity (Wildman–Crippen MR) is 42.9 cm³/mol. The first-order valence-electron chi connectivity index (χ1n) is 3.51. The molecule has 0 aliphatic rings. The van der Waals surface area contributed by atoms with Gasteiger partial charge in [0.1, 0.15) is 0 Å². The third kappa shape index (κ3) is 2.64. The monoisotopic (exact) mass is 174 g/mol. The molecule has 70 valence electrons. The van der Waals surface area contributed by atoms with Crippen LogP contribution < -0.4 is 0 Å². The predicted octanol–water partition coefficient (Wildman–Crippen LogP) is 0.400. The smallest absolute Gasteiger partial charge is 0.334 e. The van der Waals surface area contributed by atoms with E-state index in [1.807, 2.05) is 0 Å². The Hall–Kier alpha value is -0.870. The van der Waals surface area contributed by atoms with Crippen molar-refractivity contribution in [2.45, 2.75) is 26.7 Å². The fraction of sp³-hybridized carbons (Fsp3) is 0.625. The maximum absolute atomic E-state index is 10.6. The topological polar surface area (TPSA) is 66.8 Å². The van der Waals surface area contributed by atoms with Crippen LogP contribution in [0.5, 0.6) is 0 Å². The summed E-state index contributed by atoms with van der Waals surface area (Å²) in [4.78, 5) is 10.6. The molecule has 0 atom stereocenters. The molecule has 0 aliphatic heterocycles. The summed E-state index contributed by atoms with van der Waals surface area (Å²) in [5.74, 6) is -3.33. The van der Waals surface area contributed by atoms with Gasteiger partial charge in [-0.2, -0.15) is 0 Å². The van der Waals surface area contributed by atoms with Gasteiger partial charge in [-0.1, -0.05) is 27.4 Å². The number of esters is 1. The summed E-state index contributed by atoms with van der Waals surface area (Å²) in [5.41, 5.74) is -0.953. The quantitative estimate of drug-likeness (QED) is 0.361. The molecule has 0 unspecified atom stereocenters. The molecular formula is C8H14O4. The average molecular weight is 174 g/mol. The lowest BCUT2D eigenvalue weighted by Gasteiger charge is -2.32. The van der Waals surface area contributed by atoms with Crippen molar-refractivity contribution in [2.75, 3.05) is 0 Å². The number of ether oxygens (including phenoxy) is 1. The van der Waals surface area contributed by atoms with E-state index >= 15 is 0 Å². The van der Waals surface area contributed by atoms with Crippen LogP contribution in [0, 0.1) is 5.41 Å². The van der Waals surface area contributed by atoms with Gasteiger partial charge in [-0.05, 0) is 0 Å². The Bertz CT molecular complexity index is 188. The molecule has 0 fully saturated rings. The molecule has 0 aliphatic carbocycles. The number of hydrogen-bond acceptors (Lipinski definition) is 4. The highest BCUT2D eigenvalue weighted by Crippen LogP contribution is 2.28. The molecule has 0 rings (SSSR count). The highest BCUT2D eigenvalue weighted by atomic mass is 16.8. The second-order valence-corrected chi connectivity index (χ2v) is 3.48. The minimum absolute atomic E-state index is 0.866. The summed E-state index contributed by atoms with van der Waals surface area (Å²) in [7, 11) is 0. The van der Waals surface area contributed by atoms with Crippen molar-refractivity contribution in [1.82, 2.24) is 0 Å². The second kappa shape index (κ2) is 3.25. The highest BCUT2D eigenvalue weighted by Gasteiger charge is 2.42. The maximum Gasteiger partial charge on any atom is 0.334 e. The van der Waals surface area contributed by atoms with Gasteiger partial charge in [-0.25, -0.2) is 4.79 Å². The van der Waals surface area contributed by atoms with E-state index in [4.69, 9.17) is 0 Å². The summed E-state index contributed by atoms with van der Waals surface area (Å²) in [6.45, 7) is 7.72. The number of rotatable bonds is 2. The zero-order valence-corrected chi connectivity index (χ0v) is 7.50. The molecule has 0 saturated carbocycles. The number of carbonyl (C=O) groups excluding carboxylic acids is 1. The van der Waals surface area contributed by atoms with Gasteiger partial charge in [0.15, 0.2) is 0 Å². The van der Waals surface area contributed by atoms with Gasteiger partial charge in [0.25, 0.3) is 0 Å². The van der Waals surface area contributed by atoms with Gasteiger partial charge in [-0.15, -0.1) is 0 Å². The SMILES string of the molecule is C=CC(=O)OC(O)(O)C(C)(C)C. The molecule has 0 radical (unpaired) electrons. The first-order valence-corrected chi connectivity index (χ1v) is 3.51. The molecule has 0 aromatic carbocycles. The van der Waals surface area contributed by atoms with E-state index in [-0.39, 0.29) is 0 Å². The normalized spacial score (nSPS) is 12.4. The second-order valence-electron chi connectivity index (χ2n) is 3.48. The van der Waals surface area contributed by atoms with Gasteiger partial charge in [0.2, 0.25) is 0 Å². The average Bonchev–Trinajstić information content (AvgIpc) is 1.84. The Morgan fingerprint density at radius 3 is 2.08 bits per heavy atom. The van der Waals surface area contributed by atoms with Crippen molar-refractivity contribution < 1.29 is 19.7 Å². The summed E-state index contributed by atoms with van der Waals surface area (Å²) in [5, 5.41) is 18.4. The molecule has 2 N–H and O–H groups in total. The zero-order valence-electron chi connectivity index (χ0n) is 7.50. The lowest BCUT2D eigenvalue weighted by atomic mass is 9.93. The zero-order chi connectivity index (χ0) is 9.99. The van der Waals surface area contributed by atoms with Crippen molar-refractivity contribution in [3.05, 3.63) is 12.7 Å². The highest BCUT2D eigenvalue weighted by molar-refractivity contribution is 5.81. The van der Waals surface area contributed by atoms with E-state index in [1.54, 1.807) is 0 Å². The lowest BCUT2D eigenvalue weighted by Crippen LogP contribution is -2.46. The summed E-state index contributed by atoms with van der Waals surface area (Å²) >= 11 is 0. The van der Waals surface area contributed by atoms with Crippen LogP contribution >= 0.6 is 0 Å². The molecule has 0 spiro atoms. The third-order valence-corrected chi connectivity index (χ3v) is 1.39. The van der Waals surface area contributed by atoms with Crippen LogP contribution in [0.15, 0.2) is 12.7 Å². The first kappa shape index (κ1) is 11.1. The van der Waals surface area contributed by atoms with Gasteiger partial charge in [0.05, 0.1) is 5.41 Å². The van der Waals surface area contributed by atoms with Crippen molar-refractivity contribution in [1.29, 1.82) is 0 Å². The van der Waals surface area contributed by atoms with E-state index < -0.39 is 17.4 Å². The minimum Gasteiger partial charge on any atom is -0.404 e. The lowest BCUT2D eigenvalue weighted by molar-refractivity contribution is -0.364. The Balaban J connectivity index is 4.43. The number of aliphatic hydroxyl groups is 2. The molecule has 4 heteroatoms. The summed E-state index contributed by atoms with van der Waals surface area (Å²) < 4.78 is 4.31. The van der Waals surface area contributed by atoms with Crippen LogP contribution in [0.4, 0.5) is 0 Å². The standard InChI is InChI=1S/C8H14O4/c1-5-6(9)12-8(10,11)7(2,3)4/h5,10-11H,1H2,2-4H3. The Morgan fingerprint density at radius 2 is 1.83 bits per heavy atom. The van der Waals surface area contributed by atoms with Crippen LogP contribution in [0.3, 0.4) is 0 Å². The summed E-state index contributed by atoms with van der Waals surface area (Å²) in [6.07, 6.45) is 0.868. The van der Waals surface area contributed by atoms with E-state index in [0.29, 0.717) is 0 Å². The molecule has 0 amide bonds. The largest absolute Gasteiger partial charge is 0.404 e.